The lowest BCUT2D eigenvalue weighted by molar-refractivity contribution is -0.384. The summed E-state index contributed by atoms with van der Waals surface area (Å²) in [6.07, 6.45) is 0.774. The Morgan fingerprint density at radius 3 is 2.48 bits per heavy atom. The van der Waals surface area contributed by atoms with Gasteiger partial charge >= 0.3 is 5.97 Å². The summed E-state index contributed by atoms with van der Waals surface area (Å²) in [6.45, 7) is 2.27. The molecule has 2 aromatic rings. The van der Waals surface area contributed by atoms with E-state index in [0.29, 0.717) is 37.4 Å². The molecule has 0 aliphatic carbocycles. The van der Waals surface area contributed by atoms with Crippen LogP contribution in [0.3, 0.4) is 0 Å². The lowest BCUT2D eigenvalue weighted by Gasteiger charge is -2.31. The number of hydrogen-bond acceptors (Lipinski definition) is 8. The number of anilines is 2. The van der Waals surface area contributed by atoms with Crippen molar-refractivity contribution in [2.75, 3.05) is 29.5 Å². The molecule has 31 heavy (non-hydrogen) atoms. The van der Waals surface area contributed by atoms with Crippen LogP contribution in [0.5, 0.6) is 11.5 Å². The molecule has 0 unspecified atom stereocenters. The van der Waals surface area contributed by atoms with Gasteiger partial charge in [-0.25, -0.2) is 8.42 Å². The van der Waals surface area contributed by atoms with Crippen LogP contribution >= 0.6 is 0 Å². The lowest BCUT2D eigenvalue weighted by atomic mass is 9.96. The van der Waals surface area contributed by atoms with E-state index in [0.717, 1.165) is 0 Å². The molecule has 1 heterocycles. The third-order valence-electron chi connectivity index (χ3n) is 5.28. The predicted molar refractivity (Wildman–Crippen MR) is 114 cm³/mol. The number of nitro benzene ring substituents is 1. The van der Waals surface area contributed by atoms with Gasteiger partial charge in [-0.3, -0.25) is 14.9 Å². The Labute approximate surface area is 179 Å². The molecule has 1 saturated heterocycles. The maximum Gasteiger partial charge on any atom is 0.306 e. The van der Waals surface area contributed by atoms with Gasteiger partial charge in [-0.2, -0.15) is 0 Å². The smallest absolute Gasteiger partial charge is 0.306 e. The van der Waals surface area contributed by atoms with Crippen LogP contribution in [-0.4, -0.2) is 43.3 Å². The van der Waals surface area contributed by atoms with Gasteiger partial charge in [0, 0.05) is 25.2 Å². The number of sulfone groups is 1. The van der Waals surface area contributed by atoms with Gasteiger partial charge in [0.2, 0.25) is 0 Å². The standard InChI is InChI=1S/C20H23N3O7S/c1-2-31(28,29)15-4-6-19(16(21)12-15)30-14-3-5-17(23(26)27)18(11-14)22-9-7-13(8-10-22)20(24)25/h3-6,11-13H,2,7-10,21H2,1H3,(H,24,25). The summed E-state index contributed by atoms with van der Waals surface area (Å²) in [5, 5.41) is 20.6. The topological polar surface area (TPSA) is 153 Å². The molecule has 3 N–H and O–H groups in total. The number of piperidine rings is 1. The molecule has 1 fully saturated rings. The van der Waals surface area contributed by atoms with Gasteiger partial charge in [0.1, 0.15) is 17.2 Å². The lowest BCUT2D eigenvalue weighted by Crippen LogP contribution is -2.36. The molecule has 2 aromatic carbocycles. The summed E-state index contributed by atoms with van der Waals surface area (Å²) in [6, 6.07) is 8.42. The first kappa shape index (κ1) is 22.3. The number of rotatable bonds is 7. The Bertz CT molecular complexity index is 1110. The summed E-state index contributed by atoms with van der Waals surface area (Å²) in [4.78, 5) is 24.0. The second kappa shape index (κ2) is 8.80. The van der Waals surface area contributed by atoms with Crippen molar-refractivity contribution in [2.45, 2.75) is 24.7 Å². The highest BCUT2D eigenvalue weighted by molar-refractivity contribution is 7.91. The van der Waals surface area contributed by atoms with Gasteiger partial charge in [-0.15, -0.1) is 0 Å². The monoisotopic (exact) mass is 449 g/mol. The van der Waals surface area contributed by atoms with Crippen LogP contribution in [0.4, 0.5) is 17.1 Å². The van der Waals surface area contributed by atoms with E-state index >= 15 is 0 Å². The molecule has 0 aromatic heterocycles. The van der Waals surface area contributed by atoms with Crippen molar-refractivity contribution in [3.05, 3.63) is 46.5 Å². The van der Waals surface area contributed by atoms with Crippen molar-refractivity contribution in [1.82, 2.24) is 0 Å². The van der Waals surface area contributed by atoms with Crippen molar-refractivity contribution in [3.63, 3.8) is 0 Å². The SMILES string of the molecule is CCS(=O)(=O)c1ccc(Oc2ccc([N+](=O)[O-])c(N3CCC(C(=O)O)CC3)c2)c(N)c1. The molecule has 1 aliphatic rings. The van der Waals surface area contributed by atoms with Crippen LogP contribution in [0.1, 0.15) is 19.8 Å². The minimum Gasteiger partial charge on any atom is -0.481 e. The fourth-order valence-electron chi connectivity index (χ4n) is 3.45. The molecule has 1 aliphatic heterocycles. The van der Waals surface area contributed by atoms with Gasteiger partial charge in [0.25, 0.3) is 5.69 Å². The van der Waals surface area contributed by atoms with Crippen LogP contribution in [0.25, 0.3) is 0 Å². The van der Waals surface area contributed by atoms with E-state index in [1.807, 2.05) is 0 Å². The Kier molecular flexibility index (Phi) is 6.34. The number of carboxylic acids is 1. The van der Waals surface area contributed by atoms with Crippen LogP contribution in [0, 0.1) is 16.0 Å². The number of carboxylic acid groups (broad SMARTS) is 1. The number of nitrogen functional groups attached to an aromatic ring is 1. The molecule has 10 nitrogen and oxygen atoms in total. The summed E-state index contributed by atoms with van der Waals surface area (Å²) in [5.41, 5.74) is 6.30. The van der Waals surface area contributed by atoms with E-state index in [1.54, 1.807) is 4.90 Å². The number of benzene rings is 2. The predicted octanol–water partition coefficient (Wildman–Crippen LogP) is 3.06. The quantitative estimate of drug-likeness (QED) is 0.369. The summed E-state index contributed by atoms with van der Waals surface area (Å²) in [5.74, 6) is -0.877. The fourth-order valence-corrected chi connectivity index (χ4v) is 4.36. The van der Waals surface area contributed by atoms with E-state index in [-0.39, 0.29) is 27.8 Å². The normalized spacial score (nSPS) is 14.9. The van der Waals surface area contributed by atoms with Crippen molar-refractivity contribution in [2.24, 2.45) is 5.92 Å². The number of carbonyl (C=O) groups is 1. The van der Waals surface area contributed by atoms with Crippen LogP contribution in [0.2, 0.25) is 0 Å². The zero-order valence-corrected chi connectivity index (χ0v) is 17.7. The number of hydrogen-bond donors (Lipinski definition) is 2. The van der Waals surface area contributed by atoms with Gasteiger partial charge in [-0.1, -0.05) is 6.92 Å². The molecule has 11 heteroatoms. The Morgan fingerprint density at radius 1 is 1.26 bits per heavy atom. The highest BCUT2D eigenvalue weighted by Crippen LogP contribution is 2.37. The molecular weight excluding hydrogens is 426 g/mol. The average Bonchev–Trinajstić information content (AvgIpc) is 2.75. The second-order valence-corrected chi connectivity index (χ2v) is 9.49. The van der Waals surface area contributed by atoms with Gasteiger partial charge in [-0.05, 0) is 37.1 Å². The van der Waals surface area contributed by atoms with Gasteiger partial charge in [0.05, 0.1) is 27.2 Å². The maximum absolute atomic E-state index is 12.0. The molecule has 3 rings (SSSR count). The van der Waals surface area contributed by atoms with Crippen LogP contribution in [0.15, 0.2) is 41.3 Å². The molecule has 0 amide bonds. The van der Waals surface area contributed by atoms with E-state index in [9.17, 15) is 23.3 Å². The number of nitrogens with zero attached hydrogens (tertiary/aromatic N) is 2. The number of ether oxygens (including phenoxy) is 1. The maximum atomic E-state index is 12.0. The van der Waals surface area contributed by atoms with E-state index in [2.05, 4.69) is 0 Å². The van der Waals surface area contributed by atoms with E-state index in [4.69, 9.17) is 15.6 Å². The third kappa shape index (κ3) is 4.88. The first-order valence-corrected chi connectivity index (χ1v) is 11.3. The highest BCUT2D eigenvalue weighted by atomic mass is 32.2. The molecule has 0 saturated carbocycles. The Balaban J connectivity index is 1.87. The Hall–Kier alpha value is -3.34. The van der Waals surface area contributed by atoms with Crippen LogP contribution < -0.4 is 15.4 Å². The van der Waals surface area contributed by atoms with Crippen molar-refractivity contribution < 1.29 is 28.0 Å². The average molecular weight is 449 g/mol. The summed E-state index contributed by atoms with van der Waals surface area (Å²) in [7, 11) is -3.42. The molecule has 0 bridgehead atoms. The molecule has 0 radical (unpaired) electrons. The molecular formula is C20H23N3O7S. The molecule has 0 spiro atoms. The van der Waals surface area contributed by atoms with E-state index < -0.39 is 26.6 Å². The van der Waals surface area contributed by atoms with Gasteiger partial charge < -0.3 is 20.5 Å². The summed E-state index contributed by atoms with van der Waals surface area (Å²) < 4.78 is 29.8. The zero-order valence-electron chi connectivity index (χ0n) is 16.9. The van der Waals surface area contributed by atoms with E-state index in [1.165, 1.54) is 43.3 Å². The Morgan fingerprint density at radius 2 is 1.94 bits per heavy atom. The zero-order chi connectivity index (χ0) is 22.8. The van der Waals surface area contributed by atoms with Gasteiger partial charge in [0.15, 0.2) is 9.84 Å². The highest BCUT2D eigenvalue weighted by Gasteiger charge is 2.28. The molecule has 0 atom stereocenters. The number of nitrogens with two attached hydrogens (primary N) is 1. The summed E-state index contributed by atoms with van der Waals surface area (Å²) >= 11 is 0. The first-order valence-electron chi connectivity index (χ1n) is 9.68. The number of nitro groups is 1. The number of aliphatic carboxylic acids is 1. The minimum absolute atomic E-state index is 0.0586. The first-order chi connectivity index (χ1) is 14.6. The van der Waals surface area contributed by atoms with Crippen molar-refractivity contribution in [1.29, 1.82) is 0 Å². The fraction of sp³-hybridized carbons (Fsp3) is 0.350. The largest absolute Gasteiger partial charge is 0.481 e. The van der Waals surface area contributed by atoms with Crippen LogP contribution in [-0.2, 0) is 14.6 Å². The minimum atomic E-state index is -3.42. The third-order valence-corrected chi connectivity index (χ3v) is 7.01. The van der Waals surface area contributed by atoms with Crippen molar-refractivity contribution >= 4 is 32.9 Å². The van der Waals surface area contributed by atoms with Crippen molar-refractivity contribution in [3.8, 4) is 11.5 Å². The molecule has 166 valence electrons. The second-order valence-electron chi connectivity index (χ2n) is 7.21.